The van der Waals surface area contributed by atoms with Crippen molar-refractivity contribution in [3.05, 3.63) is 39.7 Å². The SMILES string of the molecule is CCOc1ccc2oc(=O)c(Cl)cc2c1. The van der Waals surface area contributed by atoms with Gasteiger partial charge in [-0.2, -0.15) is 0 Å². The average molecular weight is 225 g/mol. The van der Waals surface area contributed by atoms with Crippen molar-refractivity contribution in [3.63, 3.8) is 0 Å². The molecule has 0 aliphatic heterocycles. The number of rotatable bonds is 2. The number of benzene rings is 1. The summed E-state index contributed by atoms with van der Waals surface area (Å²) in [5.74, 6) is 0.731. The van der Waals surface area contributed by atoms with Crippen LogP contribution in [0.25, 0.3) is 11.0 Å². The van der Waals surface area contributed by atoms with Gasteiger partial charge in [0.1, 0.15) is 16.4 Å². The van der Waals surface area contributed by atoms with Crippen molar-refractivity contribution < 1.29 is 9.15 Å². The lowest BCUT2D eigenvalue weighted by Crippen LogP contribution is -1.98. The van der Waals surface area contributed by atoms with E-state index in [-0.39, 0.29) is 5.02 Å². The van der Waals surface area contributed by atoms with Crippen LogP contribution in [0.1, 0.15) is 6.92 Å². The van der Waals surface area contributed by atoms with Crippen LogP contribution in [0.3, 0.4) is 0 Å². The van der Waals surface area contributed by atoms with Gasteiger partial charge in [-0.3, -0.25) is 0 Å². The molecule has 4 heteroatoms. The van der Waals surface area contributed by atoms with Gasteiger partial charge in [0.05, 0.1) is 6.61 Å². The normalized spacial score (nSPS) is 10.5. The molecule has 0 aliphatic carbocycles. The number of halogens is 1. The summed E-state index contributed by atoms with van der Waals surface area (Å²) < 4.78 is 10.3. The molecule has 0 spiro atoms. The van der Waals surface area contributed by atoms with Gasteiger partial charge in [-0.05, 0) is 31.2 Å². The Bertz CT molecular complexity index is 545. The van der Waals surface area contributed by atoms with Gasteiger partial charge < -0.3 is 9.15 Å². The maximum absolute atomic E-state index is 11.1. The highest BCUT2D eigenvalue weighted by molar-refractivity contribution is 6.30. The fourth-order valence-electron chi connectivity index (χ4n) is 1.33. The van der Waals surface area contributed by atoms with Gasteiger partial charge in [-0.25, -0.2) is 4.79 Å². The van der Waals surface area contributed by atoms with Crippen LogP contribution in [0.4, 0.5) is 0 Å². The van der Waals surface area contributed by atoms with Crippen molar-refractivity contribution in [2.24, 2.45) is 0 Å². The van der Waals surface area contributed by atoms with E-state index in [9.17, 15) is 4.79 Å². The molecule has 1 heterocycles. The van der Waals surface area contributed by atoms with E-state index in [1.165, 1.54) is 0 Å². The van der Waals surface area contributed by atoms with Gasteiger partial charge in [0, 0.05) is 5.39 Å². The second-order valence-corrected chi connectivity index (χ2v) is 3.42. The summed E-state index contributed by atoms with van der Waals surface area (Å²) in [5, 5.41) is 0.835. The van der Waals surface area contributed by atoms with Crippen LogP contribution in [-0.2, 0) is 0 Å². The molecule has 0 N–H and O–H groups in total. The van der Waals surface area contributed by atoms with Crippen molar-refractivity contribution >= 4 is 22.6 Å². The fraction of sp³-hybridized carbons (Fsp3) is 0.182. The Morgan fingerprint density at radius 3 is 2.93 bits per heavy atom. The number of ether oxygens (including phenoxy) is 1. The molecular formula is C11H9ClO3. The first-order chi connectivity index (χ1) is 7.20. The largest absolute Gasteiger partial charge is 0.494 e. The molecular weight excluding hydrogens is 216 g/mol. The molecule has 0 bridgehead atoms. The molecule has 2 aromatic rings. The molecule has 0 atom stereocenters. The Labute approximate surface area is 91.2 Å². The van der Waals surface area contributed by atoms with E-state index in [0.29, 0.717) is 12.2 Å². The minimum absolute atomic E-state index is 0.0798. The van der Waals surface area contributed by atoms with E-state index in [2.05, 4.69) is 0 Å². The van der Waals surface area contributed by atoms with Crippen LogP contribution in [0.5, 0.6) is 5.75 Å². The highest BCUT2D eigenvalue weighted by atomic mass is 35.5. The molecule has 1 aromatic carbocycles. The first-order valence-corrected chi connectivity index (χ1v) is 4.94. The lowest BCUT2D eigenvalue weighted by atomic mass is 10.2. The fourth-order valence-corrected chi connectivity index (χ4v) is 1.49. The standard InChI is InChI=1S/C11H9ClO3/c1-2-14-8-3-4-10-7(5-8)6-9(12)11(13)15-10/h3-6H,2H2,1H3. The first kappa shape index (κ1) is 10.1. The Hall–Kier alpha value is -1.48. The molecule has 0 fully saturated rings. The minimum atomic E-state index is -0.520. The van der Waals surface area contributed by atoms with Gasteiger partial charge in [-0.15, -0.1) is 0 Å². The van der Waals surface area contributed by atoms with Crippen molar-refractivity contribution in [1.82, 2.24) is 0 Å². The molecule has 1 aromatic heterocycles. The summed E-state index contributed by atoms with van der Waals surface area (Å²) >= 11 is 5.67. The van der Waals surface area contributed by atoms with Crippen LogP contribution in [0.15, 0.2) is 33.5 Å². The maximum atomic E-state index is 11.1. The Morgan fingerprint density at radius 2 is 2.20 bits per heavy atom. The molecule has 0 saturated carbocycles. The van der Waals surface area contributed by atoms with Gasteiger partial charge in [0.2, 0.25) is 0 Å². The van der Waals surface area contributed by atoms with E-state index in [1.54, 1.807) is 24.3 Å². The van der Waals surface area contributed by atoms with Crippen LogP contribution >= 0.6 is 11.6 Å². The number of hydrogen-bond donors (Lipinski definition) is 0. The predicted octanol–water partition coefficient (Wildman–Crippen LogP) is 2.85. The quantitative estimate of drug-likeness (QED) is 0.737. The summed E-state index contributed by atoms with van der Waals surface area (Å²) in [6.45, 7) is 2.50. The molecule has 0 amide bonds. The summed E-state index contributed by atoms with van der Waals surface area (Å²) in [6, 6.07) is 6.81. The lowest BCUT2D eigenvalue weighted by Gasteiger charge is -2.03. The van der Waals surface area contributed by atoms with Crippen molar-refractivity contribution in [3.8, 4) is 5.75 Å². The first-order valence-electron chi connectivity index (χ1n) is 4.57. The van der Waals surface area contributed by atoms with Gasteiger partial charge in [0.25, 0.3) is 0 Å². The Morgan fingerprint density at radius 1 is 1.40 bits per heavy atom. The van der Waals surface area contributed by atoms with Gasteiger partial charge in [0.15, 0.2) is 0 Å². The van der Waals surface area contributed by atoms with Crippen molar-refractivity contribution in [2.75, 3.05) is 6.61 Å². The van der Waals surface area contributed by atoms with E-state index in [0.717, 1.165) is 11.1 Å². The zero-order valence-corrected chi connectivity index (χ0v) is 8.88. The molecule has 15 heavy (non-hydrogen) atoms. The molecule has 0 aliphatic rings. The second-order valence-electron chi connectivity index (χ2n) is 3.01. The average Bonchev–Trinajstić information content (AvgIpc) is 2.21. The third kappa shape index (κ3) is 1.97. The number of hydrogen-bond acceptors (Lipinski definition) is 3. The molecule has 78 valence electrons. The summed E-state index contributed by atoms with van der Waals surface area (Å²) in [7, 11) is 0. The van der Waals surface area contributed by atoms with E-state index < -0.39 is 5.63 Å². The molecule has 3 nitrogen and oxygen atoms in total. The van der Waals surface area contributed by atoms with Crippen LogP contribution < -0.4 is 10.4 Å². The van der Waals surface area contributed by atoms with Crippen LogP contribution in [0, 0.1) is 0 Å². The molecule has 0 radical (unpaired) electrons. The lowest BCUT2D eigenvalue weighted by molar-refractivity contribution is 0.340. The topological polar surface area (TPSA) is 39.4 Å². The molecule has 0 saturated heterocycles. The predicted molar refractivity (Wildman–Crippen MR) is 58.7 cm³/mol. The Kier molecular flexibility index (Phi) is 2.64. The second kappa shape index (κ2) is 3.95. The zero-order chi connectivity index (χ0) is 10.8. The zero-order valence-electron chi connectivity index (χ0n) is 8.12. The smallest absolute Gasteiger partial charge is 0.355 e. The van der Waals surface area contributed by atoms with E-state index in [1.807, 2.05) is 6.92 Å². The number of fused-ring (bicyclic) bond motifs is 1. The third-order valence-electron chi connectivity index (χ3n) is 1.97. The monoisotopic (exact) mass is 224 g/mol. The van der Waals surface area contributed by atoms with Crippen LogP contribution in [0.2, 0.25) is 5.02 Å². The van der Waals surface area contributed by atoms with Crippen LogP contribution in [-0.4, -0.2) is 6.61 Å². The highest BCUT2D eigenvalue weighted by Gasteiger charge is 2.03. The van der Waals surface area contributed by atoms with Crippen molar-refractivity contribution in [2.45, 2.75) is 6.92 Å². The summed E-state index contributed by atoms with van der Waals surface area (Å²) in [5.41, 5.74) is -0.0128. The van der Waals surface area contributed by atoms with E-state index in [4.69, 9.17) is 20.8 Å². The third-order valence-corrected chi connectivity index (χ3v) is 2.24. The molecule has 0 unspecified atom stereocenters. The Balaban J connectivity index is 2.61. The highest BCUT2D eigenvalue weighted by Crippen LogP contribution is 2.21. The van der Waals surface area contributed by atoms with E-state index >= 15 is 0 Å². The van der Waals surface area contributed by atoms with Gasteiger partial charge in [-0.1, -0.05) is 11.6 Å². The van der Waals surface area contributed by atoms with Gasteiger partial charge >= 0.3 is 5.63 Å². The summed E-state index contributed by atoms with van der Waals surface area (Å²) in [4.78, 5) is 11.1. The van der Waals surface area contributed by atoms with Crippen molar-refractivity contribution in [1.29, 1.82) is 0 Å². The summed E-state index contributed by atoms with van der Waals surface area (Å²) in [6.07, 6.45) is 0. The minimum Gasteiger partial charge on any atom is -0.494 e. The maximum Gasteiger partial charge on any atom is 0.355 e. The molecule has 2 rings (SSSR count).